The molecule has 104 valence electrons. The molecule has 0 aliphatic carbocycles. The maximum atomic E-state index is 11.6. The molecule has 6 N–H and O–H groups in total. The van der Waals surface area contributed by atoms with Crippen molar-refractivity contribution in [3.05, 3.63) is 11.8 Å². The molecule has 0 aromatic carbocycles. The molecule has 19 heavy (non-hydrogen) atoms. The maximum absolute atomic E-state index is 11.6. The molecular formula is C9H11N3O7. The minimum atomic E-state index is -1.64. The van der Waals surface area contributed by atoms with Gasteiger partial charge in [-0.15, -0.1) is 0 Å². The van der Waals surface area contributed by atoms with Crippen molar-refractivity contribution in [3.63, 3.8) is 0 Å². The van der Waals surface area contributed by atoms with E-state index in [-0.39, 0.29) is 5.70 Å². The van der Waals surface area contributed by atoms with Gasteiger partial charge >= 0.3 is 11.9 Å². The molecule has 0 spiro atoms. The van der Waals surface area contributed by atoms with E-state index < -0.39 is 42.6 Å². The minimum Gasteiger partial charge on any atom is -0.481 e. The third-order valence-electron chi connectivity index (χ3n) is 2.07. The molecule has 1 aliphatic heterocycles. The summed E-state index contributed by atoms with van der Waals surface area (Å²) < 4.78 is 0. The van der Waals surface area contributed by atoms with Crippen LogP contribution in [0.2, 0.25) is 0 Å². The average molecular weight is 273 g/mol. The summed E-state index contributed by atoms with van der Waals surface area (Å²) in [6, 6.07) is -1.64. The highest BCUT2D eigenvalue weighted by atomic mass is 16.4. The van der Waals surface area contributed by atoms with E-state index in [4.69, 9.17) is 15.3 Å². The summed E-state index contributed by atoms with van der Waals surface area (Å²) in [5.74, 6) is -4.70. The van der Waals surface area contributed by atoms with Gasteiger partial charge in [-0.1, -0.05) is 0 Å². The lowest BCUT2D eigenvalue weighted by Crippen LogP contribution is -2.53. The number of rotatable bonds is 5. The summed E-state index contributed by atoms with van der Waals surface area (Å²) in [5.41, 5.74) is -0.368. The van der Waals surface area contributed by atoms with Crippen molar-refractivity contribution in [2.75, 3.05) is 0 Å². The van der Waals surface area contributed by atoms with Crippen molar-refractivity contribution in [1.82, 2.24) is 16.0 Å². The summed E-state index contributed by atoms with van der Waals surface area (Å²) in [4.78, 5) is 43.8. The fraction of sp³-hybridized carbons (Fsp3) is 0.333. The van der Waals surface area contributed by atoms with Gasteiger partial charge in [0.1, 0.15) is 11.7 Å². The van der Waals surface area contributed by atoms with Crippen LogP contribution in [0.25, 0.3) is 0 Å². The molecule has 1 unspecified atom stereocenters. The molecule has 0 aromatic rings. The summed E-state index contributed by atoms with van der Waals surface area (Å²) in [7, 11) is 0. The second-order valence-electron chi connectivity index (χ2n) is 3.58. The van der Waals surface area contributed by atoms with Crippen LogP contribution in [0.15, 0.2) is 11.8 Å². The Kier molecular flexibility index (Phi) is 4.42. The quantitative estimate of drug-likeness (QED) is 0.306. The number of hydrogen-bond acceptors (Lipinski definition) is 6. The number of carboxylic acids is 2. The predicted octanol–water partition coefficient (Wildman–Crippen LogP) is -3.09. The van der Waals surface area contributed by atoms with Gasteiger partial charge in [0, 0.05) is 6.08 Å². The zero-order valence-corrected chi connectivity index (χ0v) is 9.41. The lowest BCUT2D eigenvalue weighted by molar-refractivity contribution is -0.147. The first-order valence-electron chi connectivity index (χ1n) is 5.02. The van der Waals surface area contributed by atoms with Crippen LogP contribution in [0.1, 0.15) is 6.42 Å². The van der Waals surface area contributed by atoms with Gasteiger partial charge in [0.15, 0.2) is 0 Å². The van der Waals surface area contributed by atoms with E-state index in [1.807, 2.05) is 10.6 Å². The van der Waals surface area contributed by atoms with Crippen LogP contribution in [-0.2, 0) is 19.2 Å². The number of amides is 2. The lowest BCUT2D eigenvalue weighted by atomic mass is 10.2. The number of aliphatic carboxylic acids is 2. The topological polar surface area (TPSA) is 165 Å². The van der Waals surface area contributed by atoms with E-state index in [2.05, 4.69) is 5.32 Å². The van der Waals surface area contributed by atoms with Gasteiger partial charge in [-0.3, -0.25) is 14.4 Å². The molecular weight excluding hydrogens is 262 g/mol. The normalized spacial score (nSPS) is 19.5. The fourth-order valence-electron chi connectivity index (χ4n) is 1.27. The molecule has 10 heteroatoms. The predicted molar refractivity (Wildman–Crippen MR) is 57.2 cm³/mol. The highest BCUT2D eigenvalue weighted by Gasteiger charge is 2.27. The van der Waals surface area contributed by atoms with Gasteiger partial charge in [0.05, 0.1) is 6.42 Å². The van der Waals surface area contributed by atoms with Gasteiger partial charge in [-0.2, -0.15) is 0 Å². The van der Waals surface area contributed by atoms with Gasteiger partial charge < -0.3 is 31.3 Å². The second kappa shape index (κ2) is 5.82. The molecule has 1 heterocycles. The first kappa shape index (κ1) is 14.4. The largest absolute Gasteiger partial charge is 0.481 e. The Labute approximate surface area is 106 Å². The molecule has 0 aromatic heterocycles. The minimum absolute atomic E-state index is 0.368. The Hall–Kier alpha value is -2.62. The van der Waals surface area contributed by atoms with E-state index >= 15 is 0 Å². The van der Waals surface area contributed by atoms with Gasteiger partial charge in [0.25, 0.3) is 5.91 Å². The van der Waals surface area contributed by atoms with Crippen molar-refractivity contribution >= 4 is 23.8 Å². The van der Waals surface area contributed by atoms with Crippen molar-refractivity contribution in [3.8, 4) is 0 Å². The van der Waals surface area contributed by atoms with Crippen LogP contribution in [0, 0.1) is 0 Å². The number of carbonyl (C=O) groups is 4. The molecule has 2 atom stereocenters. The Morgan fingerprint density at radius 2 is 1.95 bits per heavy atom. The molecule has 0 saturated heterocycles. The highest BCUT2D eigenvalue weighted by Crippen LogP contribution is 2.00. The zero-order valence-electron chi connectivity index (χ0n) is 9.41. The summed E-state index contributed by atoms with van der Waals surface area (Å²) in [5, 5.41) is 32.4. The summed E-state index contributed by atoms with van der Waals surface area (Å²) in [6.07, 6.45) is -1.49. The van der Waals surface area contributed by atoms with E-state index in [0.29, 0.717) is 0 Å². The van der Waals surface area contributed by atoms with Gasteiger partial charge in [-0.05, 0) is 0 Å². The van der Waals surface area contributed by atoms with Crippen LogP contribution >= 0.6 is 0 Å². The van der Waals surface area contributed by atoms with Crippen LogP contribution in [0.4, 0.5) is 0 Å². The first-order valence-corrected chi connectivity index (χ1v) is 5.02. The number of aliphatic hydroxyl groups is 1. The van der Waals surface area contributed by atoms with Crippen LogP contribution in [0.5, 0.6) is 0 Å². The number of aliphatic hydroxyl groups excluding tert-OH is 1. The maximum Gasteiger partial charge on any atom is 0.326 e. The Morgan fingerprint density at radius 3 is 2.42 bits per heavy atom. The molecule has 0 bridgehead atoms. The summed E-state index contributed by atoms with van der Waals surface area (Å²) >= 11 is 0. The van der Waals surface area contributed by atoms with E-state index in [1.165, 1.54) is 0 Å². The lowest BCUT2D eigenvalue weighted by Gasteiger charge is -2.22. The molecule has 1 rings (SSSR count). The smallest absolute Gasteiger partial charge is 0.326 e. The van der Waals surface area contributed by atoms with Gasteiger partial charge in [-0.25, -0.2) is 4.79 Å². The van der Waals surface area contributed by atoms with Crippen molar-refractivity contribution in [2.24, 2.45) is 0 Å². The standard InChI is InChI=1S/C9H11N3O7/c13-5-1-3(11-9(19)12-5)7(16)10-4(8(17)18)2-6(14)15/h1,4,9,11,19H,2H2,(H,10,16)(H,12,13)(H,14,15)(H,17,18)/t4-,9?/m0/s1. The molecule has 2 amide bonds. The van der Waals surface area contributed by atoms with Crippen molar-refractivity contribution in [2.45, 2.75) is 18.8 Å². The van der Waals surface area contributed by atoms with E-state index in [9.17, 15) is 19.2 Å². The molecule has 10 nitrogen and oxygen atoms in total. The molecule has 1 aliphatic rings. The molecule has 0 saturated carbocycles. The first-order chi connectivity index (χ1) is 8.79. The summed E-state index contributed by atoms with van der Waals surface area (Å²) in [6.45, 7) is 0. The number of nitrogens with one attached hydrogen (secondary N) is 3. The fourth-order valence-corrected chi connectivity index (χ4v) is 1.27. The van der Waals surface area contributed by atoms with E-state index in [0.717, 1.165) is 6.08 Å². The molecule has 0 fully saturated rings. The van der Waals surface area contributed by atoms with Crippen molar-refractivity contribution in [1.29, 1.82) is 0 Å². The Balaban J connectivity index is 2.74. The number of hydrogen-bond donors (Lipinski definition) is 6. The highest BCUT2D eigenvalue weighted by molar-refractivity contribution is 6.03. The monoisotopic (exact) mass is 273 g/mol. The Morgan fingerprint density at radius 1 is 1.32 bits per heavy atom. The SMILES string of the molecule is O=C(O)C[C@H](NC(=O)C1=CC(=O)NC(O)N1)C(=O)O. The second-order valence-corrected chi connectivity index (χ2v) is 3.58. The van der Waals surface area contributed by atoms with Crippen molar-refractivity contribution < 1.29 is 34.5 Å². The Bertz CT molecular complexity index is 459. The van der Waals surface area contributed by atoms with Crippen LogP contribution < -0.4 is 16.0 Å². The van der Waals surface area contributed by atoms with Gasteiger partial charge in [0.2, 0.25) is 12.3 Å². The van der Waals surface area contributed by atoms with Crippen LogP contribution in [0.3, 0.4) is 0 Å². The average Bonchev–Trinajstić information content (AvgIpc) is 2.25. The third-order valence-corrected chi connectivity index (χ3v) is 2.07. The molecule has 0 radical (unpaired) electrons. The zero-order chi connectivity index (χ0) is 14.6. The van der Waals surface area contributed by atoms with Crippen LogP contribution in [-0.4, -0.2) is 51.5 Å². The van der Waals surface area contributed by atoms with E-state index in [1.54, 1.807) is 0 Å². The number of carbonyl (C=O) groups excluding carboxylic acids is 2. The third kappa shape index (κ3) is 4.27. The number of carboxylic acid groups (broad SMARTS) is 2.